The number of aromatic nitrogens is 2. The molecule has 92 valence electrons. The summed E-state index contributed by atoms with van der Waals surface area (Å²) < 4.78 is 1.87. The maximum absolute atomic E-state index is 11.7. The van der Waals surface area contributed by atoms with E-state index in [2.05, 4.69) is 10.3 Å². The molecular formula is C11H15N3O3. The summed E-state index contributed by atoms with van der Waals surface area (Å²) in [7, 11) is 1.88. The maximum Gasteiger partial charge on any atom is 0.319 e. The molecule has 6 heteroatoms. The predicted octanol–water partition coefficient (Wildman–Crippen LogP) is -0.0564. The number of aliphatic carboxylic acids is 1. The van der Waals surface area contributed by atoms with Crippen molar-refractivity contribution in [1.82, 2.24) is 14.9 Å². The Hall–Kier alpha value is -1.85. The zero-order valence-electron chi connectivity index (χ0n) is 9.64. The third kappa shape index (κ3) is 2.15. The lowest BCUT2D eigenvalue weighted by Crippen LogP contribution is -2.38. The van der Waals surface area contributed by atoms with Crippen LogP contribution in [-0.2, 0) is 23.1 Å². The maximum atomic E-state index is 11.7. The molecule has 1 fully saturated rings. The van der Waals surface area contributed by atoms with Crippen LogP contribution in [0.25, 0.3) is 0 Å². The van der Waals surface area contributed by atoms with E-state index in [-0.39, 0.29) is 5.91 Å². The van der Waals surface area contributed by atoms with Gasteiger partial charge in [-0.25, -0.2) is 4.98 Å². The van der Waals surface area contributed by atoms with Gasteiger partial charge >= 0.3 is 5.97 Å². The first-order valence-corrected chi connectivity index (χ1v) is 5.54. The molecule has 1 aromatic heterocycles. The molecule has 1 saturated carbocycles. The smallest absolute Gasteiger partial charge is 0.319 e. The Bertz CT molecular complexity index is 449. The van der Waals surface area contributed by atoms with Crippen molar-refractivity contribution in [3.63, 3.8) is 0 Å². The normalized spacial score (nSPS) is 16.5. The van der Waals surface area contributed by atoms with E-state index in [9.17, 15) is 9.59 Å². The van der Waals surface area contributed by atoms with Crippen molar-refractivity contribution >= 4 is 11.9 Å². The summed E-state index contributed by atoms with van der Waals surface area (Å²) in [5, 5.41) is 11.6. The van der Waals surface area contributed by atoms with Crippen molar-refractivity contribution in [3.8, 4) is 0 Å². The number of rotatable bonds is 5. The number of aryl methyl sites for hydroxylation is 1. The highest BCUT2D eigenvalue weighted by atomic mass is 16.4. The Kier molecular flexibility index (Phi) is 2.87. The summed E-state index contributed by atoms with van der Waals surface area (Å²) >= 11 is 0. The topological polar surface area (TPSA) is 84.2 Å². The van der Waals surface area contributed by atoms with Crippen LogP contribution in [0, 0.1) is 5.41 Å². The van der Waals surface area contributed by atoms with Crippen LogP contribution in [0.15, 0.2) is 12.4 Å². The van der Waals surface area contributed by atoms with Gasteiger partial charge in [0.1, 0.15) is 11.2 Å². The van der Waals surface area contributed by atoms with E-state index in [0.29, 0.717) is 25.8 Å². The number of hydrogen-bond acceptors (Lipinski definition) is 3. The summed E-state index contributed by atoms with van der Waals surface area (Å²) in [5.74, 6) is -0.531. The third-order valence-electron chi connectivity index (χ3n) is 3.15. The van der Waals surface area contributed by atoms with Gasteiger partial charge in [0.25, 0.3) is 0 Å². The summed E-state index contributed by atoms with van der Waals surface area (Å²) in [6, 6.07) is 0. The lowest BCUT2D eigenvalue weighted by Gasteiger charge is -2.10. The lowest BCUT2D eigenvalue weighted by atomic mass is 10.1. The second-order valence-electron chi connectivity index (χ2n) is 4.35. The fourth-order valence-electron chi connectivity index (χ4n) is 1.76. The van der Waals surface area contributed by atoms with E-state index in [4.69, 9.17) is 5.11 Å². The molecule has 0 spiro atoms. The molecule has 0 bridgehead atoms. The van der Waals surface area contributed by atoms with Crippen LogP contribution in [0.5, 0.6) is 0 Å². The van der Waals surface area contributed by atoms with Crippen LogP contribution < -0.4 is 5.32 Å². The van der Waals surface area contributed by atoms with Gasteiger partial charge in [0.2, 0.25) is 5.91 Å². The van der Waals surface area contributed by atoms with Gasteiger partial charge in [0.15, 0.2) is 0 Å². The number of carbonyl (C=O) groups excluding carboxylic acids is 1. The van der Waals surface area contributed by atoms with Gasteiger partial charge in [-0.05, 0) is 12.8 Å². The summed E-state index contributed by atoms with van der Waals surface area (Å²) in [6.07, 6.45) is 5.01. The van der Waals surface area contributed by atoms with Gasteiger partial charge in [-0.1, -0.05) is 0 Å². The fourth-order valence-corrected chi connectivity index (χ4v) is 1.76. The van der Waals surface area contributed by atoms with Gasteiger partial charge in [0.05, 0.1) is 0 Å². The minimum Gasteiger partial charge on any atom is -0.480 e. The summed E-state index contributed by atoms with van der Waals surface area (Å²) in [6.45, 7) is 0.415. The molecule has 1 heterocycles. The van der Waals surface area contributed by atoms with Crippen LogP contribution in [0.4, 0.5) is 0 Å². The number of nitrogens with one attached hydrogen (secondary N) is 1. The number of carboxylic acid groups (broad SMARTS) is 1. The van der Waals surface area contributed by atoms with Crippen molar-refractivity contribution in [2.75, 3.05) is 6.54 Å². The third-order valence-corrected chi connectivity index (χ3v) is 3.15. The minimum absolute atomic E-state index is 0.376. The Labute approximate surface area is 98.7 Å². The second kappa shape index (κ2) is 4.20. The summed E-state index contributed by atoms with van der Waals surface area (Å²) in [4.78, 5) is 26.7. The van der Waals surface area contributed by atoms with E-state index in [1.165, 1.54) is 0 Å². The predicted molar refractivity (Wildman–Crippen MR) is 59.2 cm³/mol. The SMILES string of the molecule is Cn1ccnc1CCNC(=O)C1(C(=O)O)CC1. The highest BCUT2D eigenvalue weighted by molar-refractivity contribution is 6.04. The van der Waals surface area contributed by atoms with E-state index in [1.54, 1.807) is 6.20 Å². The second-order valence-corrected chi connectivity index (χ2v) is 4.35. The molecule has 0 unspecified atom stereocenters. The molecule has 2 N–H and O–H groups in total. The Balaban J connectivity index is 1.82. The Morgan fingerprint density at radius 3 is 2.76 bits per heavy atom. The molecule has 0 radical (unpaired) electrons. The van der Waals surface area contributed by atoms with Crippen molar-refractivity contribution in [3.05, 3.63) is 18.2 Å². The number of hydrogen-bond donors (Lipinski definition) is 2. The van der Waals surface area contributed by atoms with Crippen LogP contribution in [0.3, 0.4) is 0 Å². The Morgan fingerprint density at radius 2 is 2.29 bits per heavy atom. The molecule has 1 amide bonds. The van der Waals surface area contributed by atoms with Crippen LogP contribution >= 0.6 is 0 Å². The number of carbonyl (C=O) groups is 2. The molecular weight excluding hydrogens is 222 g/mol. The molecule has 0 atom stereocenters. The van der Waals surface area contributed by atoms with Crippen LogP contribution in [0.1, 0.15) is 18.7 Å². The molecule has 1 aliphatic carbocycles. The molecule has 0 aromatic carbocycles. The lowest BCUT2D eigenvalue weighted by molar-refractivity contribution is -0.149. The van der Waals surface area contributed by atoms with Crippen LogP contribution in [-0.4, -0.2) is 33.1 Å². The first-order chi connectivity index (χ1) is 8.06. The van der Waals surface area contributed by atoms with Crippen molar-refractivity contribution in [2.24, 2.45) is 12.5 Å². The van der Waals surface area contributed by atoms with E-state index in [1.807, 2.05) is 17.8 Å². The van der Waals surface area contributed by atoms with E-state index >= 15 is 0 Å². The molecule has 2 rings (SSSR count). The zero-order valence-corrected chi connectivity index (χ0v) is 9.64. The summed E-state index contributed by atoms with van der Waals surface area (Å²) in [5.41, 5.74) is -1.15. The molecule has 1 aliphatic rings. The van der Waals surface area contributed by atoms with Gasteiger partial charge < -0.3 is 15.0 Å². The first-order valence-electron chi connectivity index (χ1n) is 5.54. The fraction of sp³-hybridized carbons (Fsp3) is 0.545. The molecule has 17 heavy (non-hydrogen) atoms. The minimum atomic E-state index is -1.15. The number of imidazole rings is 1. The van der Waals surface area contributed by atoms with E-state index < -0.39 is 11.4 Å². The molecule has 1 aromatic rings. The number of carboxylic acids is 1. The van der Waals surface area contributed by atoms with Crippen LogP contribution in [0.2, 0.25) is 0 Å². The van der Waals surface area contributed by atoms with Gasteiger partial charge in [-0.2, -0.15) is 0 Å². The van der Waals surface area contributed by atoms with E-state index in [0.717, 1.165) is 5.82 Å². The molecule has 0 aliphatic heterocycles. The highest BCUT2D eigenvalue weighted by Crippen LogP contribution is 2.45. The quantitative estimate of drug-likeness (QED) is 0.703. The largest absolute Gasteiger partial charge is 0.480 e. The van der Waals surface area contributed by atoms with Crippen molar-refractivity contribution in [2.45, 2.75) is 19.3 Å². The van der Waals surface area contributed by atoms with Gasteiger partial charge in [-0.3, -0.25) is 9.59 Å². The Morgan fingerprint density at radius 1 is 1.59 bits per heavy atom. The zero-order chi connectivity index (χ0) is 12.5. The molecule has 6 nitrogen and oxygen atoms in total. The van der Waals surface area contributed by atoms with Crippen molar-refractivity contribution in [1.29, 1.82) is 0 Å². The average Bonchev–Trinajstić information content (AvgIpc) is 3.00. The number of nitrogens with zero attached hydrogens (tertiary/aromatic N) is 2. The highest BCUT2D eigenvalue weighted by Gasteiger charge is 2.56. The van der Waals surface area contributed by atoms with Crippen molar-refractivity contribution < 1.29 is 14.7 Å². The van der Waals surface area contributed by atoms with Gasteiger partial charge in [-0.15, -0.1) is 0 Å². The average molecular weight is 237 g/mol. The first kappa shape index (κ1) is 11.6. The standard InChI is InChI=1S/C11H15N3O3/c1-14-7-6-12-8(14)2-5-13-9(15)11(3-4-11)10(16)17/h6-7H,2-5H2,1H3,(H,13,15)(H,16,17). The molecule has 0 saturated heterocycles. The van der Waals surface area contributed by atoms with Gasteiger partial charge in [0, 0.05) is 32.4 Å². The monoisotopic (exact) mass is 237 g/mol. The number of amides is 1.